The first-order valence-electron chi connectivity index (χ1n) is 22.9. The number of nitrogens with zero attached hydrogens (tertiary/aromatic N) is 1. The first kappa shape index (κ1) is 54.5. The lowest BCUT2D eigenvalue weighted by Crippen LogP contribution is -2.37. The van der Waals surface area contributed by atoms with Crippen LogP contribution in [0, 0.1) is 0 Å². The minimum Gasteiger partial charge on any atom is -0.457 e. The molecule has 0 radical (unpaired) electrons. The number of hydrogen-bond acceptors (Lipinski definition) is 6. The van der Waals surface area contributed by atoms with Crippen molar-refractivity contribution in [2.45, 2.75) is 193 Å². The summed E-state index contributed by atoms with van der Waals surface area (Å²) >= 11 is 0. The SMILES string of the molecule is CC/C=C\C/C=C\C/C=C\C/C=C\CCCCCCCOCC(COP(=O)(O)OCC[N+](C)(C)C)OC(=O)CCCCCCCCCCCCCCCCCC. The van der Waals surface area contributed by atoms with Crippen LogP contribution in [0.1, 0.15) is 187 Å². The van der Waals surface area contributed by atoms with Crippen LogP contribution < -0.4 is 0 Å². The third kappa shape index (κ3) is 43.6. The quantitative estimate of drug-likeness (QED) is 0.0216. The first-order chi connectivity index (χ1) is 27.1. The molecule has 0 saturated heterocycles. The molecule has 0 fully saturated rings. The zero-order valence-corrected chi connectivity index (χ0v) is 38.0. The average Bonchev–Trinajstić information content (AvgIpc) is 3.15. The minimum atomic E-state index is -4.28. The van der Waals surface area contributed by atoms with Crippen molar-refractivity contribution >= 4 is 13.8 Å². The van der Waals surface area contributed by atoms with Crippen molar-refractivity contribution in [3.05, 3.63) is 48.6 Å². The zero-order chi connectivity index (χ0) is 41.3. The average molecular weight is 811 g/mol. The smallest absolute Gasteiger partial charge is 0.457 e. The summed E-state index contributed by atoms with van der Waals surface area (Å²) in [6, 6.07) is 0. The Morgan fingerprint density at radius 3 is 1.55 bits per heavy atom. The fourth-order valence-corrected chi connectivity index (χ4v) is 6.87. The van der Waals surface area contributed by atoms with Gasteiger partial charge in [-0.05, 0) is 51.4 Å². The summed E-state index contributed by atoms with van der Waals surface area (Å²) in [6.45, 7) is 5.48. The molecule has 328 valence electrons. The molecule has 0 aliphatic rings. The lowest BCUT2D eigenvalue weighted by molar-refractivity contribution is -0.870. The van der Waals surface area contributed by atoms with Gasteiger partial charge in [0.2, 0.25) is 0 Å². The molecule has 9 heteroatoms. The number of phosphoric ester groups is 1. The third-order valence-electron chi connectivity index (χ3n) is 9.65. The van der Waals surface area contributed by atoms with Gasteiger partial charge in [-0.2, -0.15) is 0 Å². The number of ether oxygens (including phenoxy) is 2. The summed E-state index contributed by atoms with van der Waals surface area (Å²) in [7, 11) is 1.65. The van der Waals surface area contributed by atoms with Crippen molar-refractivity contribution in [2.75, 3.05) is 54.1 Å². The molecule has 2 unspecified atom stereocenters. The van der Waals surface area contributed by atoms with Gasteiger partial charge in [0.25, 0.3) is 0 Å². The van der Waals surface area contributed by atoms with Crippen LogP contribution in [0.15, 0.2) is 48.6 Å². The monoisotopic (exact) mass is 811 g/mol. The lowest BCUT2D eigenvalue weighted by atomic mass is 10.0. The van der Waals surface area contributed by atoms with Crippen molar-refractivity contribution in [3.8, 4) is 0 Å². The van der Waals surface area contributed by atoms with Crippen molar-refractivity contribution in [2.24, 2.45) is 0 Å². The molecule has 0 heterocycles. The van der Waals surface area contributed by atoms with E-state index in [4.69, 9.17) is 18.5 Å². The maximum atomic E-state index is 12.7. The Bertz CT molecular complexity index is 1040. The van der Waals surface area contributed by atoms with E-state index in [0.29, 0.717) is 24.1 Å². The zero-order valence-electron chi connectivity index (χ0n) is 37.1. The molecule has 0 aliphatic carbocycles. The fraction of sp³-hybridized carbons (Fsp3) is 0.809. The van der Waals surface area contributed by atoms with E-state index in [2.05, 4.69) is 62.5 Å². The molecule has 0 aromatic heterocycles. The van der Waals surface area contributed by atoms with E-state index in [9.17, 15) is 14.3 Å². The highest BCUT2D eigenvalue weighted by Crippen LogP contribution is 2.43. The molecule has 0 aromatic rings. The largest absolute Gasteiger partial charge is 0.472 e. The number of phosphoric acid groups is 1. The number of hydrogen-bond donors (Lipinski definition) is 1. The van der Waals surface area contributed by atoms with Crippen LogP contribution in [0.5, 0.6) is 0 Å². The van der Waals surface area contributed by atoms with Crippen molar-refractivity contribution in [1.82, 2.24) is 0 Å². The van der Waals surface area contributed by atoms with E-state index in [0.717, 1.165) is 70.6 Å². The number of rotatable bonds is 42. The Balaban J connectivity index is 4.24. The minimum absolute atomic E-state index is 0.0843. The molecule has 0 amide bonds. The van der Waals surface area contributed by atoms with E-state index in [1.54, 1.807) is 0 Å². The Morgan fingerprint density at radius 2 is 1.04 bits per heavy atom. The Morgan fingerprint density at radius 1 is 0.571 bits per heavy atom. The van der Waals surface area contributed by atoms with E-state index in [1.165, 1.54) is 96.3 Å². The molecule has 2 atom stereocenters. The van der Waals surface area contributed by atoms with Crippen molar-refractivity contribution < 1.29 is 37.3 Å². The van der Waals surface area contributed by atoms with Crippen LogP contribution in [-0.2, 0) is 27.9 Å². The van der Waals surface area contributed by atoms with Crippen LogP contribution in [0.4, 0.5) is 0 Å². The molecule has 8 nitrogen and oxygen atoms in total. The van der Waals surface area contributed by atoms with Gasteiger partial charge in [-0.1, -0.05) is 178 Å². The second-order valence-corrected chi connectivity index (χ2v) is 17.9. The number of carbonyl (C=O) groups excluding carboxylic acids is 1. The van der Waals surface area contributed by atoms with Gasteiger partial charge in [0.15, 0.2) is 0 Å². The molecule has 0 bridgehead atoms. The molecule has 0 saturated carbocycles. The molecule has 0 aliphatic heterocycles. The van der Waals surface area contributed by atoms with Gasteiger partial charge < -0.3 is 18.9 Å². The van der Waals surface area contributed by atoms with Crippen molar-refractivity contribution in [1.29, 1.82) is 0 Å². The van der Waals surface area contributed by atoms with E-state index >= 15 is 0 Å². The van der Waals surface area contributed by atoms with Crippen LogP contribution in [0.3, 0.4) is 0 Å². The molecule has 0 rings (SSSR count). The highest BCUT2D eigenvalue weighted by Gasteiger charge is 2.26. The third-order valence-corrected chi connectivity index (χ3v) is 10.6. The predicted octanol–water partition coefficient (Wildman–Crippen LogP) is 13.6. The highest BCUT2D eigenvalue weighted by atomic mass is 31.2. The van der Waals surface area contributed by atoms with Gasteiger partial charge in [-0.25, -0.2) is 4.57 Å². The molecular formula is C47H89NO7P+. The maximum absolute atomic E-state index is 12.7. The molecule has 56 heavy (non-hydrogen) atoms. The standard InChI is InChI=1S/C47H88NO7P/c1-6-8-10-12-14-16-18-20-22-24-25-27-29-31-33-35-37-39-42-52-44-46(45-54-56(50,51)53-43-41-48(3,4)5)55-47(49)40-38-36-34-32-30-28-26-23-21-19-17-15-13-11-9-7-2/h8,10,14,16,20,22,25,27,46H,6-7,9,11-13,15,17-19,21,23-24,26,28-45H2,1-5H3/p+1/b10-8-,16-14-,22-20-,27-25-. The fourth-order valence-electron chi connectivity index (χ4n) is 6.13. The van der Waals surface area contributed by atoms with E-state index < -0.39 is 13.9 Å². The van der Waals surface area contributed by atoms with Crippen LogP contribution in [-0.4, -0.2) is 75.6 Å². The Kier molecular flexibility index (Phi) is 39.1. The Hall–Kier alpha value is -1.54. The maximum Gasteiger partial charge on any atom is 0.472 e. The predicted molar refractivity (Wildman–Crippen MR) is 238 cm³/mol. The molecule has 0 spiro atoms. The number of quaternary nitrogens is 1. The molecule has 1 N–H and O–H groups in total. The van der Waals surface area contributed by atoms with Crippen LogP contribution in [0.25, 0.3) is 0 Å². The van der Waals surface area contributed by atoms with Gasteiger partial charge in [-0.3, -0.25) is 13.8 Å². The second-order valence-electron chi connectivity index (χ2n) is 16.4. The highest BCUT2D eigenvalue weighted by molar-refractivity contribution is 7.47. The summed E-state index contributed by atoms with van der Waals surface area (Å²) < 4.78 is 35.0. The van der Waals surface area contributed by atoms with Crippen LogP contribution >= 0.6 is 7.82 Å². The number of likely N-dealkylation sites (N-methyl/N-ethyl adjacent to an activating group) is 1. The summed E-state index contributed by atoms with van der Waals surface area (Å²) in [5.74, 6) is -0.320. The van der Waals surface area contributed by atoms with Crippen LogP contribution in [0.2, 0.25) is 0 Å². The first-order valence-corrected chi connectivity index (χ1v) is 24.4. The summed E-state index contributed by atoms with van der Waals surface area (Å²) in [5, 5.41) is 0. The summed E-state index contributed by atoms with van der Waals surface area (Å²) in [6.07, 6.45) is 48.6. The summed E-state index contributed by atoms with van der Waals surface area (Å²) in [5.41, 5.74) is 0. The molecule has 0 aromatic carbocycles. The van der Waals surface area contributed by atoms with Gasteiger partial charge in [-0.15, -0.1) is 0 Å². The van der Waals surface area contributed by atoms with Gasteiger partial charge in [0, 0.05) is 13.0 Å². The van der Waals surface area contributed by atoms with Crippen molar-refractivity contribution in [3.63, 3.8) is 0 Å². The lowest BCUT2D eigenvalue weighted by Gasteiger charge is -2.24. The van der Waals surface area contributed by atoms with Gasteiger partial charge >= 0.3 is 13.8 Å². The number of allylic oxidation sites excluding steroid dienone is 8. The number of unbranched alkanes of at least 4 members (excludes halogenated alkanes) is 20. The van der Waals surface area contributed by atoms with Gasteiger partial charge in [0.1, 0.15) is 19.3 Å². The Labute approximate surface area is 346 Å². The second kappa shape index (κ2) is 40.2. The topological polar surface area (TPSA) is 91.3 Å². The van der Waals surface area contributed by atoms with E-state index in [-0.39, 0.29) is 25.8 Å². The normalized spacial score (nSPS) is 14.2. The van der Waals surface area contributed by atoms with E-state index in [1.807, 2.05) is 21.1 Å². The number of esters is 1. The summed E-state index contributed by atoms with van der Waals surface area (Å²) in [4.78, 5) is 22.9. The number of carbonyl (C=O) groups is 1. The van der Waals surface area contributed by atoms with Gasteiger partial charge in [0.05, 0.1) is 34.4 Å². The molecular weight excluding hydrogens is 721 g/mol.